The Hall–Kier alpha value is -1.75. The molecule has 0 bridgehead atoms. The summed E-state index contributed by atoms with van der Waals surface area (Å²) in [6.07, 6.45) is 7.10. The fourth-order valence-corrected chi connectivity index (χ4v) is 4.80. The number of rotatable bonds is 4. The summed E-state index contributed by atoms with van der Waals surface area (Å²) in [4.78, 5) is 17.4. The second-order valence-electron chi connectivity index (χ2n) is 8.48. The van der Waals surface area contributed by atoms with E-state index in [-0.39, 0.29) is 11.9 Å². The molecule has 1 atom stereocenters. The first-order valence-corrected chi connectivity index (χ1v) is 10.5. The van der Waals surface area contributed by atoms with Gasteiger partial charge >= 0.3 is 0 Å². The van der Waals surface area contributed by atoms with Crippen LogP contribution >= 0.6 is 0 Å². The molecule has 1 aromatic carbocycles. The van der Waals surface area contributed by atoms with Gasteiger partial charge in [-0.2, -0.15) is 0 Å². The number of fused-ring (bicyclic) bond motifs is 1. The number of hydrogen-bond acceptors (Lipinski definition) is 4. The second kappa shape index (κ2) is 8.09. The molecule has 1 amide bonds. The smallest absolute Gasteiger partial charge is 0.237 e. The van der Waals surface area contributed by atoms with Gasteiger partial charge in [-0.15, -0.1) is 0 Å². The van der Waals surface area contributed by atoms with Gasteiger partial charge in [-0.1, -0.05) is 13.0 Å². The van der Waals surface area contributed by atoms with Crippen molar-refractivity contribution < 1.29 is 14.3 Å². The molecule has 0 spiro atoms. The highest BCUT2D eigenvalue weighted by Gasteiger charge is 2.32. The normalized spacial score (nSPS) is 27.8. The molecule has 0 aromatic heterocycles. The largest absolute Gasteiger partial charge is 0.486 e. The van der Waals surface area contributed by atoms with Crippen molar-refractivity contribution in [2.75, 3.05) is 33.4 Å². The second-order valence-corrected chi connectivity index (χ2v) is 8.48. The lowest BCUT2D eigenvalue weighted by molar-refractivity contribution is -0.133. The molecule has 27 heavy (non-hydrogen) atoms. The third-order valence-electron chi connectivity index (χ3n) is 6.52. The Balaban J connectivity index is 1.41. The van der Waals surface area contributed by atoms with E-state index in [2.05, 4.69) is 35.9 Å². The summed E-state index contributed by atoms with van der Waals surface area (Å²) < 4.78 is 11.4. The minimum atomic E-state index is 0.160. The van der Waals surface area contributed by atoms with Crippen LogP contribution in [0.4, 0.5) is 0 Å². The highest BCUT2D eigenvalue weighted by Crippen LogP contribution is 2.38. The van der Waals surface area contributed by atoms with Crippen LogP contribution in [0.5, 0.6) is 11.5 Å². The van der Waals surface area contributed by atoms with Gasteiger partial charge in [0.05, 0.1) is 12.6 Å². The predicted molar refractivity (Wildman–Crippen MR) is 105 cm³/mol. The van der Waals surface area contributed by atoms with Gasteiger partial charge in [0.1, 0.15) is 13.2 Å². The molecule has 1 aliphatic carbocycles. The van der Waals surface area contributed by atoms with Gasteiger partial charge in [0.2, 0.25) is 5.91 Å². The van der Waals surface area contributed by atoms with Crippen molar-refractivity contribution in [3.8, 4) is 11.5 Å². The van der Waals surface area contributed by atoms with E-state index in [0.29, 0.717) is 25.8 Å². The molecule has 2 heterocycles. The van der Waals surface area contributed by atoms with E-state index in [9.17, 15) is 4.79 Å². The number of likely N-dealkylation sites (tertiary alicyclic amines) is 1. The highest BCUT2D eigenvalue weighted by molar-refractivity contribution is 5.79. The van der Waals surface area contributed by atoms with Crippen LogP contribution in [0.15, 0.2) is 18.2 Å². The Morgan fingerprint density at radius 1 is 1.11 bits per heavy atom. The molecule has 148 valence electrons. The van der Waals surface area contributed by atoms with Crippen LogP contribution < -0.4 is 9.47 Å². The molecular formula is C22H32N2O3. The lowest BCUT2D eigenvalue weighted by Crippen LogP contribution is -2.43. The van der Waals surface area contributed by atoms with E-state index in [1.807, 2.05) is 6.07 Å². The standard InChI is InChI=1S/C22H32N2O3/c1-16-5-8-18(9-6-16)23(2)15-22(25)24-11-3-4-19(24)17-7-10-20-21(14-17)27-13-12-26-20/h7,10,14,16,18-19H,3-6,8-9,11-13,15H2,1-2H3/t16?,18?,19-/m0/s1. The van der Waals surface area contributed by atoms with E-state index < -0.39 is 0 Å². The maximum absolute atomic E-state index is 13.1. The zero-order valence-electron chi connectivity index (χ0n) is 16.7. The Morgan fingerprint density at radius 3 is 2.63 bits per heavy atom. The number of benzene rings is 1. The van der Waals surface area contributed by atoms with Crippen LogP contribution in [0.1, 0.15) is 57.1 Å². The minimum Gasteiger partial charge on any atom is -0.486 e. The predicted octanol–water partition coefficient (Wildman–Crippen LogP) is 3.63. The number of amides is 1. The highest BCUT2D eigenvalue weighted by atomic mass is 16.6. The summed E-state index contributed by atoms with van der Waals surface area (Å²) in [5, 5.41) is 0. The number of carbonyl (C=O) groups is 1. The van der Waals surface area contributed by atoms with Crippen molar-refractivity contribution >= 4 is 5.91 Å². The molecule has 5 heteroatoms. The van der Waals surface area contributed by atoms with Crippen molar-refractivity contribution in [1.82, 2.24) is 9.80 Å². The number of hydrogen-bond donors (Lipinski definition) is 0. The monoisotopic (exact) mass is 372 g/mol. The molecule has 1 saturated carbocycles. The quantitative estimate of drug-likeness (QED) is 0.809. The average Bonchev–Trinajstić information content (AvgIpc) is 3.18. The summed E-state index contributed by atoms with van der Waals surface area (Å²) in [6.45, 7) is 4.92. The maximum Gasteiger partial charge on any atom is 0.237 e. The first kappa shape index (κ1) is 18.6. The average molecular weight is 373 g/mol. The third-order valence-corrected chi connectivity index (χ3v) is 6.52. The molecule has 1 aromatic rings. The molecule has 0 radical (unpaired) electrons. The van der Waals surface area contributed by atoms with E-state index in [1.54, 1.807) is 0 Å². The van der Waals surface area contributed by atoms with Gasteiger partial charge in [0.25, 0.3) is 0 Å². The van der Waals surface area contributed by atoms with E-state index in [1.165, 1.54) is 31.2 Å². The Kier molecular flexibility index (Phi) is 5.58. The lowest BCUT2D eigenvalue weighted by Gasteiger charge is -2.35. The molecule has 0 N–H and O–H groups in total. The van der Waals surface area contributed by atoms with E-state index in [0.717, 1.165) is 36.8 Å². The number of nitrogens with zero attached hydrogens (tertiary/aromatic N) is 2. The molecule has 0 unspecified atom stereocenters. The van der Waals surface area contributed by atoms with Gasteiger partial charge in [-0.3, -0.25) is 9.69 Å². The van der Waals surface area contributed by atoms with Gasteiger partial charge in [-0.25, -0.2) is 0 Å². The fraction of sp³-hybridized carbons (Fsp3) is 0.682. The summed E-state index contributed by atoms with van der Waals surface area (Å²) in [5.41, 5.74) is 1.17. The Bertz CT molecular complexity index is 670. The van der Waals surface area contributed by atoms with Crippen molar-refractivity contribution in [2.24, 2.45) is 5.92 Å². The molecule has 3 aliphatic rings. The summed E-state index contributed by atoms with van der Waals surface area (Å²) in [6, 6.07) is 6.86. The van der Waals surface area contributed by atoms with Gasteiger partial charge in [0, 0.05) is 12.6 Å². The van der Waals surface area contributed by atoms with Crippen LogP contribution in [0.3, 0.4) is 0 Å². The summed E-state index contributed by atoms with van der Waals surface area (Å²) in [7, 11) is 2.12. The minimum absolute atomic E-state index is 0.160. The maximum atomic E-state index is 13.1. The first-order chi connectivity index (χ1) is 13.1. The van der Waals surface area contributed by atoms with Crippen LogP contribution in [0.2, 0.25) is 0 Å². The molecular weight excluding hydrogens is 340 g/mol. The van der Waals surface area contributed by atoms with Crippen molar-refractivity contribution in [2.45, 2.75) is 57.5 Å². The van der Waals surface area contributed by atoms with Crippen molar-refractivity contribution in [3.63, 3.8) is 0 Å². The Morgan fingerprint density at radius 2 is 1.85 bits per heavy atom. The van der Waals surface area contributed by atoms with Gasteiger partial charge < -0.3 is 14.4 Å². The van der Waals surface area contributed by atoms with Crippen LogP contribution in [0, 0.1) is 5.92 Å². The number of carbonyl (C=O) groups excluding carboxylic acids is 1. The van der Waals surface area contributed by atoms with Gasteiger partial charge in [-0.05, 0) is 69.2 Å². The van der Waals surface area contributed by atoms with Crippen LogP contribution in [-0.2, 0) is 4.79 Å². The lowest BCUT2D eigenvalue weighted by atomic mass is 9.87. The zero-order chi connectivity index (χ0) is 18.8. The zero-order valence-corrected chi connectivity index (χ0v) is 16.7. The molecule has 2 aliphatic heterocycles. The van der Waals surface area contributed by atoms with E-state index in [4.69, 9.17) is 9.47 Å². The van der Waals surface area contributed by atoms with Gasteiger partial charge in [0.15, 0.2) is 11.5 Å². The summed E-state index contributed by atoms with van der Waals surface area (Å²) >= 11 is 0. The third kappa shape index (κ3) is 4.08. The molecule has 4 rings (SSSR count). The topological polar surface area (TPSA) is 42.0 Å². The first-order valence-electron chi connectivity index (χ1n) is 10.5. The van der Waals surface area contributed by atoms with E-state index >= 15 is 0 Å². The summed E-state index contributed by atoms with van der Waals surface area (Å²) in [5.74, 6) is 2.72. The van der Waals surface area contributed by atoms with Crippen LogP contribution in [-0.4, -0.2) is 55.1 Å². The fourth-order valence-electron chi connectivity index (χ4n) is 4.80. The molecule has 5 nitrogen and oxygen atoms in total. The molecule has 2 fully saturated rings. The number of likely N-dealkylation sites (N-methyl/N-ethyl adjacent to an activating group) is 1. The number of ether oxygens (including phenoxy) is 2. The SMILES string of the molecule is CC1CCC(N(C)CC(=O)N2CCC[C@H]2c2ccc3c(c2)OCCO3)CC1. The van der Waals surface area contributed by atoms with Crippen molar-refractivity contribution in [3.05, 3.63) is 23.8 Å². The van der Waals surface area contributed by atoms with Crippen molar-refractivity contribution in [1.29, 1.82) is 0 Å². The Labute approximate surface area is 162 Å². The molecule has 1 saturated heterocycles. The van der Waals surface area contributed by atoms with Crippen LogP contribution in [0.25, 0.3) is 0 Å².